The Morgan fingerprint density at radius 1 is 1.06 bits per heavy atom. The maximum absolute atomic E-state index is 12.7. The Kier molecular flexibility index (Phi) is 6.27. The van der Waals surface area contributed by atoms with Crippen LogP contribution in [0.1, 0.15) is 40.9 Å². The van der Waals surface area contributed by atoms with E-state index >= 15 is 0 Å². The second kappa shape index (κ2) is 9.28. The first kappa shape index (κ1) is 22.3. The van der Waals surface area contributed by atoms with Crippen LogP contribution in [0.25, 0.3) is 22.4 Å². The minimum atomic E-state index is -0.942. The number of nitrogens with one attached hydrogen (secondary N) is 2. The summed E-state index contributed by atoms with van der Waals surface area (Å²) in [6, 6.07) is 19.1. The van der Waals surface area contributed by atoms with Crippen LogP contribution in [0.3, 0.4) is 0 Å². The Morgan fingerprint density at radius 3 is 2.55 bits per heavy atom. The van der Waals surface area contributed by atoms with Gasteiger partial charge in [-0.2, -0.15) is 0 Å². The van der Waals surface area contributed by atoms with Crippen LogP contribution in [0.2, 0.25) is 0 Å². The van der Waals surface area contributed by atoms with E-state index in [1.165, 1.54) is 5.56 Å². The predicted molar refractivity (Wildman–Crippen MR) is 130 cm³/mol. The number of hydrogen-bond acceptors (Lipinski definition) is 4. The van der Waals surface area contributed by atoms with Crippen molar-refractivity contribution in [2.24, 2.45) is 0 Å². The van der Waals surface area contributed by atoms with Gasteiger partial charge in [0.05, 0.1) is 16.6 Å². The van der Waals surface area contributed by atoms with Gasteiger partial charge in [-0.05, 0) is 56.5 Å². The van der Waals surface area contributed by atoms with Crippen LogP contribution in [0.5, 0.6) is 0 Å². The van der Waals surface area contributed by atoms with E-state index in [1.807, 2.05) is 63.2 Å². The highest BCUT2D eigenvalue weighted by atomic mass is 16.5. The van der Waals surface area contributed by atoms with Gasteiger partial charge in [-0.3, -0.25) is 4.79 Å². The van der Waals surface area contributed by atoms with Crippen LogP contribution in [0.15, 0.2) is 60.7 Å². The summed E-state index contributed by atoms with van der Waals surface area (Å²) < 4.78 is 5.45. The molecule has 1 amide bonds. The summed E-state index contributed by atoms with van der Waals surface area (Å²) in [5, 5.41) is 2.91. The van der Waals surface area contributed by atoms with E-state index in [1.54, 1.807) is 25.1 Å². The highest BCUT2D eigenvalue weighted by Crippen LogP contribution is 2.23. The molecule has 168 valence electrons. The lowest BCUT2D eigenvalue weighted by Crippen LogP contribution is -2.30. The van der Waals surface area contributed by atoms with Crippen molar-refractivity contribution in [2.75, 3.05) is 5.32 Å². The van der Waals surface area contributed by atoms with Gasteiger partial charge in [0, 0.05) is 11.3 Å². The zero-order valence-corrected chi connectivity index (χ0v) is 19.2. The van der Waals surface area contributed by atoms with Crippen LogP contribution in [-0.2, 0) is 16.0 Å². The van der Waals surface area contributed by atoms with E-state index < -0.39 is 12.1 Å². The SMILES string of the molecule is CCc1cccc(C)c1NC(=O)C(C)OC(=O)c1ccc2nc(-c3ccc(C)cc3)[nH]c2c1. The number of rotatable bonds is 6. The van der Waals surface area contributed by atoms with Crippen molar-refractivity contribution in [3.05, 3.63) is 82.9 Å². The molecule has 2 N–H and O–H groups in total. The summed E-state index contributed by atoms with van der Waals surface area (Å²) in [5.41, 5.74) is 6.75. The maximum atomic E-state index is 12.7. The van der Waals surface area contributed by atoms with E-state index in [0.717, 1.165) is 45.7 Å². The van der Waals surface area contributed by atoms with Crippen LogP contribution in [0.4, 0.5) is 5.69 Å². The third-order valence-electron chi connectivity index (χ3n) is 5.68. The Balaban J connectivity index is 1.48. The van der Waals surface area contributed by atoms with E-state index in [-0.39, 0.29) is 5.91 Å². The van der Waals surface area contributed by atoms with Crippen LogP contribution in [0, 0.1) is 13.8 Å². The van der Waals surface area contributed by atoms with Gasteiger partial charge in [-0.15, -0.1) is 0 Å². The van der Waals surface area contributed by atoms with Gasteiger partial charge in [0.25, 0.3) is 5.91 Å². The molecule has 1 atom stereocenters. The summed E-state index contributed by atoms with van der Waals surface area (Å²) in [7, 11) is 0. The van der Waals surface area contributed by atoms with Crippen molar-refractivity contribution in [1.29, 1.82) is 0 Å². The first-order valence-corrected chi connectivity index (χ1v) is 11.0. The predicted octanol–water partition coefficient (Wildman–Crippen LogP) is 5.59. The fraction of sp³-hybridized carbons (Fsp3) is 0.222. The van der Waals surface area contributed by atoms with Gasteiger partial charge in [-0.1, -0.05) is 55.0 Å². The molecule has 0 radical (unpaired) electrons. The van der Waals surface area contributed by atoms with Crippen molar-refractivity contribution < 1.29 is 14.3 Å². The molecule has 0 saturated carbocycles. The summed E-state index contributed by atoms with van der Waals surface area (Å²) >= 11 is 0. The Hall–Kier alpha value is -3.93. The van der Waals surface area contributed by atoms with Gasteiger partial charge in [-0.25, -0.2) is 9.78 Å². The summed E-state index contributed by atoms with van der Waals surface area (Å²) in [5.74, 6) is -0.198. The number of H-pyrrole nitrogens is 1. The fourth-order valence-electron chi connectivity index (χ4n) is 3.69. The molecule has 0 bridgehead atoms. The molecular weight excluding hydrogens is 414 g/mol. The highest BCUT2D eigenvalue weighted by Gasteiger charge is 2.21. The van der Waals surface area contributed by atoms with Crippen LogP contribution >= 0.6 is 0 Å². The Bertz CT molecular complexity index is 1320. The number of esters is 1. The first-order chi connectivity index (χ1) is 15.9. The lowest BCUT2D eigenvalue weighted by molar-refractivity contribution is -0.123. The number of aromatic nitrogens is 2. The van der Waals surface area contributed by atoms with E-state index in [2.05, 4.69) is 15.3 Å². The maximum Gasteiger partial charge on any atom is 0.338 e. The minimum absolute atomic E-state index is 0.353. The second-order valence-electron chi connectivity index (χ2n) is 8.18. The molecule has 0 saturated heterocycles. The summed E-state index contributed by atoms with van der Waals surface area (Å²) in [6.45, 7) is 7.58. The number of carbonyl (C=O) groups excluding carboxylic acids is 2. The number of benzene rings is 3. The molecule has 0 spiro atoms. The monoisotopic (exact) mass is 441 g/mol. The average Bonchev–Trinajstić information content (AvgIpc) is 3.24. The van der Waals surface area contributed by atoms with Gasteiger partial charge in [0.1, 0.15) is 5.82 Å². The number of carbonyl (C=O) groups is 2. The van der Waals surface area contributed by atoms with E-state index in [4.69, 9.17) is 4.74 Å². The first-order valence-electron chi connectivity index (χ1n) is 11.0. The van der Waals surface area contributed by atoms with Gasteiger partial charge in [0.2, 0.25) is 0 Å². The van der Waals surface area contributed by atoms with E-state index in [9.17, 15) is 9.59 Å². The molecule has 0 fully saturated rings. The zero-order valence-electron chi connectivity index (χ0n) is 19.2. The molecule has 4 rings (SSSR count). The quantitative estimate of drug-likeness (QED) is 0.382. The van der Waals surface area contributed by atoms with E-state index in [0.29, 0.717) is 5.56 Å². The fourth-order valence-corrected chi connectivity index (χ4v) is 3.69. The van der Waals surface area contributed by atoms with Crippen molar-refractivity contribution in [1.82, 2.24) is 9.97 Å². The lowest BCUT2D eigenvalue weighted by Gasteiger charge is -2.17. The summed E-state index contributed by atoms with van der Waals surface area (Å²) in [6.07, 6.45) is -0.150. The molecule has 4 aromatic rings. The second-order valence-corrected chi connectivity index (χ2v) is 8.18. The van der Waals surface area contributed by atoms with Gasteiger partial charge >= 0.3 is 5.97 Å². The largest absolute Gasteiger partial charge is 0.449 e. The smallest absolute Gasteiger partial charge is 0.338 e. The topological polar surface area (TPSA) is 84.1 Å². The average molecular weight is 442 g/mol. The Morgan fingerprint density at radius 2 is 1.82 bits per heavy atom. The molecule has 6 nitrogen and oxygen atoms in total. The molecule has 6 heteroatoms. The number of nitrogens with zero attached hydrogens (tertiary/aromatic N) is 1. The molecule has 1 unspecified atom stereocenters. The normalized spacial score (nSPS) is 11.9. The highest BCUT2D eigenvalue weighted by molar-refractivity contribution is 5.99. The minimum Gasteiger partial charge on any atom is -0.449 e. The van der Waals surface area contributed by atoms with Crippen molar-refractivity contribution in [3.63, 3.8) is 0 Å². The van der Waals surface area contributed by atoms with Crippen molar-refractivity contribution in [3.8, 4) is 11.4 Å². The Labute approximate surface area is 193 Å². The number of fused-ring (bicyclic) bond motifs is 1. The van der Waals surface area contributed by atoms with Crippen LogP contribution in [-0.4, -0.2) is 27.9 Å². The standard InChI is InChI=1S/C27H27N3O3/c1-5-19-8-6-7-17(3)24(19)30-26(31)18(4)33-27(32)21-13-14-22-23(15-21)29-25(28-22)20-11-9-16(2)10-12-20/h6-15,18H,5H2,1-4H3,(H,28,29)(H,30,31). The molecule has 1 heterocycles. The molecular formula is C27H27N3O3. The zero-order chi connectivity index (χ0) is 23.5. The third kappa shape index (κ3) is 4.80. The molecule has 0 aliphatic rings. The number of hydrogen-bond donors (Lipinski definition) is 2. The van der Waals surface area contributed by atoms with Crippen LogP contribution < -0.4 is 5.32 Å². The number of imidazole rings is 1. The van der Waals surface area contributed by atoms with Gasteiger partial charge in [0.15, 0.2) is 6.10 Å². The number of aromatic amines is 1. The molecule has 1 aromatic heterocycles. The van der Waals surface area contributed by atoms with Gasteiger partial charge < -0.3 is 15.0 Å². The van der Waals surface area contributed by atoms with Crippen molar-refractivity contribution >= 4 is 28.6 Å². The molecule has 0 aliphatic heterocycles. The third-order valence-corrected chi connectivity index (χ3v) is 5.68. The number of anilines is 1. The number of ether oxygens (including phenoxy) is 1. The summed E-state index contributed by atoms with van der Waals surface area (Å²) in [4.78, 5) is 33.3. The molecule has 3 aromatic carbocycles. The number of aryl methyl sites for hydroxylation is 3. The lowest BCUT2D eigenvalue weighted by atomic mass is 10.1. The molecule has 0 aliphatic carbocycles. The number of amides is 1. The molecule has 33 heavy (non-hydrogen) atoms. The number of para-hydroxylation sites is 1. The van der Waals surface area contributed by atoms with Crippen molar-refractivity contribution in [2.45, 2.75) is 40.2 Å².